The Hall–Kier alpha value is -2.93. The van der Waals surface area contributed by atoms with Crippen LogP contribution < -0.4 is 4.90 Å². The van der Waals surface area contributed by atoms with Gasteiger partial charge in [0.15, 0.2) is 0 Å². The van der Waals surface area contributed by atoms with E-state index in [-0.39, 0.29) is 12.2 Å². The Balaban J connectivity index is 1.78. The lowest BCUT2D eigenvalue weighted by Gasteiger charge is -2.36. The average molecular weight is 370 g/mol. The van der Waals surface area contributed by atoms with Gasteiger partial charge >= 0.3 is 11.9 Å². The number of carbonyl (C=O) groups is 1. The Morgan fingerprint density at radius 3 is 2.85 bits per heavy atom. The fourth-order valence-electron chi connectivity index (χ4n) is 4.27. The number of hydrogen-bond donors (Lipinski definition) is 1. The highest BCUT2D eigenvalue weighted by Crippen LogP contribution is 2.61. The fourth-order valence-corrected chi connectivity index (χ4v) is 4.27. The van der Waals surface area contributed by atoms with Crippen molar-refractivity contribution in [1.82, 2.24) is 4.98 Å². The van der Waals surface area contributed by atoms with Crippen molar-refractivity contribution in [3.8, 4) is 0 Å². The molecule has 5 nitrogen and oxygen atoms in total. The Morgan fingerprint density at radius 2 is 2.04 bits per heavy atom. The number of hydrogen-bond acceptors (Lipinski definition) is 4. The largest absolute Gasteiger partial charge is 0.465 e. The van der Waals surface area contributed by atoms with Crippen molar-refractivity contribution in [2.24, 2.45) is 0 Å². The number of aromatic amines is 1. The summed E-state index contributed by atoms with van der Waals surface area (Å²) in [6.45, 7) is 0.545. The molecule has 2 aromatic carbocycles. The smallest absolute Gasteiger partial charge is 0.337 e. The number of benzene rings is 2. The van der Waals surface area contributed by atoms with Gasteiger partial charge in [0.2, 0.25) is 5.72 Å². The highest BCUT2D eigenvalue weighted by atomic mass is 19.3. The molecular weight excluding hydrogens is 354 g/mol. The van der Waals surface area contributed by atoms with Crippen LogP contribution >= 0.6 is 0 Å². The normalized spacial score (nSPS) is 22.7. The van der Waals surface area contributed by atoms with E-state index in [0.717, 1.165) is 0 Å². The number of esters is 1. The predicted octanol–water partition coefficient (Wildman–Crippen LogP) is 3.75. The number of halogens is 2. The molecule has 138 valence electrons. The van der Waals surface area contributed by atoms with Gasteiger partial charge in [-0.05, 0) is 24.3 Å². The molecule has 27 heavy (non-hydrogen) atoms. The summed E-state index contributed by atoms with van der Waals surface area (Å²) < 4.78 is 41.9. The standard InChI is InChI=1S/C20H16F2N2O3/c1-26-18(25)12-6-7-16-13(10-12)15(11-23-16)20-19(21,22)14-4-2-3-5-17(14)24(20)8-9-27-20/h2-7,10-11,23H,8-9H2,1H3. The van der Waals surface area contributed by atoms with Gasteiger partial charge in [0.05, 0.1) is 19.3 Å². The molecule has 1 N–H and O–H groups in total. The number of H-pyrrole nitrogens is 1. The Kier molecular flexibility index (Phi) is 3.19. The Morgan fingerprint density at radius 1 is 1.22 bits per heavy atom. The number of anilines is 1. The summed E-state index contributed by atoms with van der Waals surface area (Å²) in [5.41, 5.74) is -0.271. The maximum Gasteiger partial charge on any atom is 0.337 e. The molecule has 5 rings (SSSR count). The fraction of sp³-hybridized carbons (Fsp3) is 0.250. The quantitative estimate of drug-likeness (QED) is 0.698. The maximum absolute atomic E-state index is 15.7. The minimum atomic E-state index is -3.25. The van der Waals surface area contributed by atoms with E-state index >= 15 is 8.78 Å². The summed E-state index contributed by atoms with van der Waals surface area (Å²) in [6, 6.07) is 11.3. The molecule has 1 fully saturated rings. The van der Waals surface area contributed by atoms with Crippen molar-refractivity contribution in [2.45, 2.75) is 11.6 Å². The van der Waals surface area contributed by atoms with Crippen LogP contribution in [0.3, 0.4) is 0 Å². The number of rotatable bonds is 2. The lowest BCUT2D eigenvalue weighted by atomic mass is 9.93. The summed E-state index contributed by atoms with van der Waals surface area (Å²) in [5, 5.41) is 0.511. The molecular formula is C20H16F2N2O3. The average Bonchev–Trinajstić information content (AvgIpc) is 3.35. The maximum atomic E-state index is 15.7. The van der Waals surface area contributed by atoms with E-state index in [1.165, 1.54) is 13.2 Å². The van der Waals surface area contributed by atoms with Gasteiger partial charge in [0, 0.05) is 40.5 Å². The predicted molar refractivity (Wildman–Crippen MR) is 95.0 cm³/mol. The second-order valence-corrected chi connectivity index (χ2v) is 6.69. The molecule has 3 aromatic rings. The van der Waals surface area contributed by atoms with Crippen LogP contribution in [-0.4, -0.2) is 31.2 Å². The van der Waals surface area contributed by atoms with Gasteiger partial charge in [0.1, 0.15) is 0 Å². The molecule has 2 aliphatic heterocycles. The van der Waals surface area contributed by atoms with Crippen LogP contribution in [0.2, 0.25) is 0 Å². The lowest BCUT2D eigenvalue weighted by molar-refractivity contribution is -0.189. The molecule has 1 unspecified atom stereocenters. The second kappa shape index (κ2) is 5.29. The summed E-state index contributed by atoms with van der Waals surface area (Å²) in [5.74, 6) is -3.77. The summed E-state index contributed by atoms with van der Waals surface area (Å²) in [6.07, 6.45) is 1.55. The van der Waals surface area contributed by atoms with E-state index in [2.05, 4.69) is 4.98 Å². The monoisotopic (exact) mass is 370 g/mol. The number of nitrogens with zero attached hydrogens (tertiary/aromatic N) is 1. The molecule has 0 aliphatic carbocycles. The zero-order chi connectivity index (χ0) is 18.8. The second-order valence-electron chi connectivity index (χ2n) is 6.69. The van der Waals surface area contributed by atoms with E-state index in [1.807, 2.05) is 0 Å². The van der Waals surface area contributed by atoms with Crippen molar-refractivity contribution in [2.75, 3.05) is 25.2 Å². The van der Waals surface area contributed by atoms with Crippen molar-refractivity contribution in [3.63, 3.8) is 0 Å². The van der Waals surface area contributed by atoms with Crippen LogP contribution in [0.15, 0.2) is 48.7 Å². The minimum absolute atomic E-state index is 0.0526. The van der Waals surface area contributed by atoms with Gasteiger partial charge in [0.25, 0.3) is 0 Å². The molecule has 1 atom stereocenters. The van der Waals surface area contributed by atoms with Crippen LogP contribution in [0, 0.1) is 0 Å². The third-order valence-corrected chi connectivity index (χ3v) is 5.43. The molecule has 0 amide bonds. The van der Waals surface area contributed by atoms with Gasteiger partial charge < -0.3 is 19.4 Å². The van der Waals surface area contributed by atoms with Crippen molar-refractivity contribution >= 4 is 22.6 Å². The first-order valence-electron chi connectivity index (χ1n) is 8.59. The van der Waals surface area contributed by atoms with Crippen molar-refractivity contribution in [1.29, 1.82) is 0 Å². The number of methoxy groups -OCH3 is 1. The molecule has 1 saturated heterocycles. The number of nitrogens with one attached hydrogen (secondary N) is 1. The van der Waals surface area contributed by atoms with Gasteiger partial charge in [-0.25, -0.2) is 4.79 Å². The summed E-state index contributed by atoms with van der Waals surface area (Å²) in [7, 11) is 1.28. The van der Waals surface area contributed by atoms with E-state index in [9.17, 15) is 4.79 Å². The van der Waals surface area contributed by atoms with Crippen LogP contribution in [0.1, 0.15) is 21.5 Å². The van der Waals surface area contributed by atoms with Gasteiger partial charge in [-0.1, -0.05) is 18.2 Å². The molecule has 0 radical (unpaired) electrons. The number of carbonyl (C=O) groups excluding carboxylic acids is 1. The van der Waals surface area contributed by atoms with E-state index in [1.54, 1.807) is 47.5 Å². The third kappa shape index (κ3) is 1.87. The first kappa shape index (κ1) is 16.3. The Labute approximate surface area is 153 Å². The number of para-hydroxylation sites is 1. The minimum Gasteiger partial charge on any atom is -0.465 e. The van der Waals surface area contributed by atoms with Crippen molar-refractivity contribution < 1.29 is 23.0 Å². The first-order valence-corrected chi connectivity index (χ1v) is 8.59. The summed E-state index contributed by atoms with van der Waals surface area (Å²) >= 11 is 0. The first-order chi connectivity index (χ1) is 13.0. The lowest BCUT2D eigenvalue weighted by Crippen LogP contribution is -2.48. The third-order valence-electron chi connectivity index (χ3n) is 5.43. The SMILES string of the molecule is COC(=O)c1ccc2[nH]cc(C34OCCN3c3ccccc3C4(F)F)c2c1. The van der Waals surface area contributed by atoms with Gasteiger partial charge in [-0.2, -0.15) is 8.78 Å². The zero-order valence-corrected chi connectivity index (χ0v) is 14.5. The van der Waals surface area contributed by atoms with Crippen LogP contribution in [-0.2, 0) is 21.1 Å². The number of alkyl halides is 2. The highest BCUT2D eigenvalue weighted by molar-refractivity contribution is 5.96. The van der Waals surface area contributed by atoms with E-state index in [0.29, 0.717) is 34.3 Å². The topological polar surface area (TPSA) is 54.6 Å². The summed E-state index contributed by atoms with van der Waals surface area (Å²) in [4.78, 5) is 16.6. The molecule has 0 saturated carbocycles. The highest BCUT2D eigenvalue weighted by Gasteiger charge is 2.69. The molecule has 1 aromatic heterocycles. The van der Waals surface area contributed by atoms with Gasteiger partial charge in [-0.15, -0.1) is 0 Å². The number of ether oxygens (including phenoxy) is 2. The molecule has 0 spiro atoms. The van der Waals surface area contributed by atoms with Crippen LogP contribution in [0.4, 0.5) is 14.5 Å². The molecule has 0 bridgehead atoms. The molecule has 2 aliphatic rings. The number of fused-ring (bicyclic) bond motifs is 4. The molecule has 3 heterocycles. The van der Waals surface area contributed by atoms with E-state index < -0.39 is 17.6 Å². The zero-order valence-electron chi connectivity index (χ0n) is 14.5. The van der Waals surface area contributed by atoms with Crippen molar-refractivity contribution in [3.05, 3.63) is 65.4 Å². The van der Waals surface area contributed by atoms with Crippen LogP contribution in [0.5, 0.6) is 0 Å². The Bertz CT molecular complexity index is 1080. The molecule has 7 heteroatoms. The van der Waals surface area contributed by atoms with Crippen LogP contribution in [0.25, 0.3) is 10.9 Å². The van der Waals surface area contributed by atoms with E-state index in [4.69, 9.17) is 9.47 Å². The number of aromatic nitrogens is 1. The van der Waals surface area contributed by atoms with Gasteiger partial charge in [-0.3, -0.25) is 0 Å².